The normalized spacial score (nSPS) is 22.0. The Morgan fingerprint density at radius 2 is 1.81 bits per heavy atom. The van der Waals surface area contributed by atoms with Crippen LogP contribution in [0.2, 0.25) is 0 Å². The van der Waals surface area contributed by atoms with Crippen LogP contribution in [0.1, 0.15) is 50.3 Å². The van der Waals surface area contributed by atoms with Crippen molar-refractivity contribution in [3.63, 3.8) is 0 Å². The van der Waals surface area contributed by atoms with Crippen molar-refractivity contribution in [2.45, 2.75) is 49.6 Å². The second-order valence-electron chi connectivity index (χ2n) is 9.04. The molecule has 0 saturated heterocycles. The summed E-state index contributed by atoms with van der Waals surface area (Å²) >= 11 is 0. The molecule has 2 N–H and O–H groups in total. The van der Waals surface area contributed by atoms with Crippen LogP contribution in [0.15, 0.2) is 78.0 Å². The Balaban J connectivity index is 1.75. The first-order chi connectivity index (χ1) is 15.3. The third-order valence-corrected chi connectivity index (χ3v) is 8.19. The first-order valence-corrected chi connectivity index (χ1v) is 12.9. The van der Waals surface area contributed by atoms with Gasteiger partial charge >= 0.3 is 0 Å². The molecule has 3 aromatic rings. The zero-order valence-corrected chi connectivity index (χ0v) is 19.8. The van der Waals surface area contributed by atoms with Gasteiger partial charge in [-0.05, 0) is 42.7 Å². The summed E-state index contributed by atoms with van der Waals surface area (Å²) in [4.78, 5) is 0.437. The molecule has 0 radical (unpaired) electrons. The fraction of sp³-hybridized carbons (Fsp3) is 0.346. The second kappa shape index (κ2) is 9.04. The maximum atomic E-state index is 13.3. The summed E-state index contributed by atoms with van der Waals surface area (Å²) < 4.78 is 28.7. The molecule has 6 heteroatoms. The molecule has 0 spiro atoms. The third-order valence-electron chi connectivity index (χ3n) is 6.14. The van der Waals surface area contributed by atoms with Crippen molar-refractivity contribution in [3.05, 3.63) is 84.2 Å². The number of fused-ring (bicyclic) bond motifs is 1. The SMILES string of the molecule is CCCCC1(C)CS(=O)(=O)c2ccccc2[C@@H](c2cccc(Nc3cc[n+](C)cc3)c2)N1. The average Bonchev–Trinajstić information content (AvgIpc) is 2.86. The number of hydrogen-bond acceptors (Lipinski definition) is 4. The number of rotatable bonds is 6. The van der Waals surface area contributed by atoms with Crippen molar-refractivity contribution in [1.82, 2.24) is 5.32 Å². The van der Waals surface area contributed by atoms with Gasteiger partial charge in [0.25, 0.3) is 0 Å². The molecule has 1 unspecified atom stereocenters. The van der Waals surface area contributed by atoms with Crippen LogP contribution in [0.25, 0.3) is 0 Å². The van der Waals surface area contributed by atoms with Gasteiger partial charge in [-0.15, -0.1) is 0 Å². The van der Waals surface area contributed by atoms with Crippen LogP contribution < -0.4 is 15.2 Å². The van der Waals surface area contributed by atoms with Gasteiger partial charge in [-0.1, -0.05) is 50.1 Å². The smallest absolute Gasteiger partial charge is 0.180 e. The predicted octanol–water partition coefficient (Wildman–Crippen LogP) is 4.67. The van der Waals surface area contributed by atoms with Crippen LogP contribution in [-0.2, 0) is 16.9 Å². The molecule has 0 amide bonds. The van der Waals surface area contributed by atoms with E-state index in [2.05, 4.69) is 29.7 Å². The van der Waals surface area contributed by atoms with Crippen LogP contribution in [0.4, 0.5) is 11.4 Å². The summed E-state index contributed by atoms with van der Waals surface area (Å²) in [7, 11) is -1.41. The summed E-state index contributed by atoms with van der Waals surface area (Å²) in [5.74, 6) is 0.104. The van der Waals surface area contributed by atoms with Gasteiger partial charge in [0.05, 0.1) is 22.4 Å². The zero-order valence-electron chi connectivity index (χ0n) is 19.0. The Bertz CT molecular complexity index is 1190. The number of benzene rings is 2. The minimum Gasteiger partial charge on any atom is -0.355 e. The number of hydrogen-bond donors (Lipinski definition) is 2. The summed E-state index contributed by atoms with van der Waals surface area (Å²) in [5.41, 5.74) is 3.33. The fourth-order valence-electron chi connectivity index (χ4n) is 4.49. The van der Waals surface area contributed by atoms with E-state index in [1.807, 2.05) is 73.4 Å². The molecule has 1 aromatic heterocycles. The van der Waals surface area contributed by atoms with Crippen LogP contribution >= 0.6 is 0 Å². The van der Waals surface area contributed by atoms with Crippen molar-refractivity contribution in [2.24, 2.45) is 7.05 Å². The van der Waals surface area contributed by atoms with E-state index >= 15 is 0 Å². The van der Waals surface area contributed by atoms with Gasteiger partial charge in [0.2, 0.25) is 0 Å². The highest BCUT2D eigenvalue weighted by Crippen LogP contribution is 2.37. The molecular formula is C26H32N3O2S+. The Hall–Kier alpha value is -2.70. The quantitative estimate of drug-likeness (QED) is 0.536. The Kier molecular flexibility index (Phi) is 6.35. The lowest BCUT2D eigenvalue weighted by molar-refractivity contribution is -0.671. The third kappa shape index (κ3) is 4.87. The van der Waals surface area contributed by atoms with Crippen molar-refractivity contribution < 1.29 is 13.0 Å². The molecule has 0 saturated carbocycles. The predicted molar refractivity (Wildman–Crippen MR) is 129 cm³/mol. The molecule has 168 valence electrons. The summed E-state index contributed by atoms with van der Waals surface area (Å²) in [6, 6.07) is 19.5. The second-order valence-corrected chi connectivity index (χ2v) is 11.0. The lowest BCUT2D eigenvalue weighted by Gasteiger charge is -2.33. The molecule has 0 bridgehead atoms. The molecule has 32 heavy (non-hydrogen) atoms. The maximum Gasteiger partial charge on any atom is 0.180 e. The van der Waals surface area contributed by atoms with E-state index in [-0.39, 0.29) is 11.8 Å². The maximum absolute atomic E-state index is 13.3. The molecule has 5 nitrogen and oxygen atoms in total. The van der Waals surface area contributed by atoms with Gasteiger partial charge in [0.15, 0.2) is 22.2 Å². The van der Waals surface area contributed by atoms with Crippen LogP contribution in [0, 0.1) is 0 Å². The number of anilines is 2. The number of unbranched alkanes of at least 4 members (excludes halogenated alkanes) is 1. The number of nitrogens with one attached hydrogen (secondary N) is 2. The minimum absolute atomic E-state index is 0.104. The van der Waals surface area contributed by atoms with Crippen molar-refractivity contribution in [2.75, 3.05) is 11.1 Å². The van der Waals surface area contributed by atoms with Crippen molar-refractivity contribution in [1.29, 1.82) is 0 Å². The number of aromatic nitrogens is 1. The first-order valence-electron chi connectivity index (χ1n) is 11.2. The van der Waals surface area contributed by atoms with Crippen LogP contribution in [0.3, 0.4) is 0 Å². The molecule has 4 rings (SSSR count). The lowest BCUT2D eigenvalue weighted by Crippen LogP contribution is -2.47. The van der Waals surface area contributed by atoms with Gasteiger partial charge < -0.3 is 5.32 Å². The molecule has 0 fully saturated rings. The highest BCUT2D eigenvalue weighted by Gasteiger charge is 2.39. The Morgan fingerprint density at radius 1 is 1.06 bits per heavy atom. The number of nitrogens with zero attached hydrogens (tertiary/aromatic N) is 1. The highest BCUT2D eigenvalue weighted by atomic mass is 32.2. The largest absolute Gasteiger partial charge is 0.355 e. The van der Waals surface area contributed by atoms with Crippen molar-refractivity contribution >= 4 is 21.2 Å². The number of aryl methyl sites for hydroxylation is 1. The molecule has 1 aliphatic heterocycles. The zero-order chi connectivity index (χ0) is 22.8. The van der Waals surface area contributed by atoms with Gasteiger partial charge in [0.1, 0.15) is 7.05 Å². The lowest BCUT2D eigenvalue weighted by atomic mass is 9.91. The number of pyridine rings is 1. The minimum atomic E-state index is -3.40. The van der Waals surface area contributed by atoms with Crippen molar-refractivity contribution in [3.8, 4) is 0 Å². The molecule has 1 aliphatic rings. The van der Waals surface area contributed by atoms with E-state index in [1.54, 1.807) is 6.07 Å². The number of sulfone groups is 1. The van der Waals surface area contributed by atoms with Crippen LogP contribution in [0.5, 0.6) is 0 Å². The average molecular weight is 451 g/mol. The topological polar surface area (TPSA) is 62.1 Å². The van der Waals surface area contributed by atoms with E-state index in [9.17, 15) is 8.42 Å². The molecule has 2 heterocycles. The van der Waals surface area contributed by atoms with E-state index in [1.165, 1.54) is 0 Å². The highest BCUT2D eigenvalue weighted by molar-refractivity contribution is 7.91. The van der Waals surface area contributed by atoms with Crippen LogP contribution in [-0.4, -0.2) is 19.7 Å². The molecule has 2 aromatic carbocycles. The van der Waals surface area contributed by atoms with Gasteiger partial charge in [-0.25, -0.2) is 13.0 Å². The molecular weight excluding hydrogens is 418 g/mol. The Labute approximate surface area is 191 Å². The monoisotopic (exact) mass is 450 g/mol. The fourth-order valence-corrected chi connectivity index (χ4v) is 6.54. The standard InChI is InChI=1S/C26H31N3O2S/c1-4-5-15-26(2)19-32(30,31)24-12-7-6-11-23(24)25(28-26)20-9-8-10-22(18-20)27-21-13-16-29(3)17-14-21/h6-14,16-18,25,28H,4-5,15,19H2,1-3H3/p+1/t25-,26?/m1/s1. The summed E-state index contributed by atoms with van der Waals surface area (Å²) in [5, 5.41) is 7.21. The summed E-state index contributed by atoms with van der Waals surface area (Å²) in [6.07, 6.45) is 6.82. The molecule has 2 atom stereocenters. The molecule has 0 aliphatic carbocycles. The van der Waals surface area contributed by atoms with Gasteiger partial charge in [-0.2, -0.15) is 0 Å². The first kappa shape index (κ1) is 22.5. The van der Waals surface area contributed by atoms with Gasteiger partial charge in [-0.3, -0.25) is 5.32 Å². The van der Waals surface area contributed by atoms with E-state index < -0.39 is 15.4 Å². The van der Waals surface area contributed by atoms with E-state index in [0.29, 0.717) is 4.90 Å². The Morgan fingerprint density at radius 3 is 2.56 bits per heavy atom. The van der Waals surface area contributed by atoms with E-state index in [4.69, 9.17) is 0 Å². The van der Waals surface area contributed by atoms with Gasteiger partial charge in [0, 0.05) is 23.4 Å². The summed E-state index contributed by atoms with van der Waals surface area (Å²) in [6.45, 7) is 4.19. The van der Waals surface area contributed by atoms with E-state index in [0.717, 1.165) is 41.8 Å².